The van der Waals surface area contributed by atoms with Gasteiger partial charge in [0.05, 0.1) is 5.92 Å². The topological polar surface area (TPSA) is 12.0 Å². The van der Waals surface area contributed by atoms with Gasteiger partial charge in [-0.3, -0.25) is 0 Å². The fourth-order valence-electron chi connectivity index (χ4n) is 4.50. The van der Waals surface area contributed by atoms with Crippen molar-refractivity contribution in [3.63, 3.8) is 0 Å². The lowest BCUT2D eigenvalue weighted by Crippen LogP contribution is -2.51. The average molecular weight is 291 g/mol. The fraction of sp³-hybridized carbons (Fsp3) is 1.00. The summed E-state index contributed by atoms with van der Waals surface area (Å²) in [6.07, 6.45) is 1.77. The summed E-state index contributed by atoms with van der Waals surface area (Å²) in [6.45, 7) is 6.69. The molecule has 0 aromatic heterocycles. The Hall–Kier alpha value is -0.250. The van der Waals surface area contributed by atoms with Crippen LogP contribution in [0.1, 0.15) is 65.7 Å². The first-order valence-corrected chi connectivity index (χ1v) is 8.00. The van der Waals surface area contributed by atoms with E-state index in [4.69, 9.17) is 0 Å². The number of hydrogen-bond acceptors (Lipinski definition) is 1. The van der Waals surface area contributed by atoms with Gasteiger partial charge in [-0.2, -0.15) is 13.2 Å². The molecule has 0 spiro atoms. The van der Waals surface area contributed by atoms with Crippen LogP contribution in [0.5, 0.6) is 0 Å². The summed E-state index contributed by atoms with van der Waals surface area (Å²) in [5.41, 5.74) is 0.248. The van der Waals surface area contributed by atoms with E-state index in [1.807, 2.05) is 0 Å². The van der Waals surface area contributed by atoms with E-state index in [1.165, 1.54) is 6.42 Å². The van der Waals surface area contributed by atoms with Gasteiger partial charge in [-0.25, -0.2) is 0 Å². The van der Waals surface area contributed by atoms with Crippen molar-refractivity contribution in [3.05, 3.63) is 0 Å². The number of halogens is 3. The minimum atomic E-state index is -4.05. The first-order valence-electron chi connectivity index (χ1n) is 8.00. The summed E-state index contributed by atoms with van der Waals surface area (Å²) in [4.78, 5) is 0. The Labute approximate surface area is 120 Å². The number of alkyl halides is 3. The van der Waals surface area contributed by atoms with E-state index in [2.05, 4.69) is 26.1 Å². The molecule has 4 atom stereocenters. The molecule has 2 rings (SSSR count). The molecule has 20 heavy (non-hydrogen) atoms. The van der Waals surface area contributed by atoms with Crippen LogP contribution in [0.3, 0.4) is 0 Å². The van der Waals surface area contributed by atoms with Crippen LogP contribution in [0, 0.1) is 17.3 Å². The molecule has 0 heterocycles. The zero-order valence-corrected chi connectivity index (χ0v) is 12.9. The van der Waals surface area contributed by atoms with E-state index in [9.17, 15) is 13.2 Å². The Morgan fingerprint density at radius 2 is 1.70 bits per heavy atom. The SMILES string of the molecule is CC1CC(NC2CCCCC2C(F)(F)F)CC(C)(C)C1. The van der Waals surface area contributed by atoms with Crippen LogP contribution in [0.15, 0.2) is 0 Å². The lowest BCUT2D eigenvalue weighted by Gasteiger charge is -2.43. The minimum Gasteiger partial charge on any atom is -0.311 e. The van der Waals surface area contributed by atoms with Crippen molar-refractivity contribution in [1.82, 2.24) is 5.32 Å². The largest absolute Gasteiger partial charge is 0.393 e. The minimum absolute atomic E-state index is 0.248. The molecule has 118 valence electrons. The second-order valence-corrected chi connectivity index (χ2v) is 7.82. The quantitative estimate of drug-likeness (QED) is 0.762. The lowest BCUT2D eigenvalue weighted by molar-refractivity contribution is -0.189. The van der Waals surface area contributed by atoms with E-state index in [0.29, 0.717) is 18.8 Å². The van der Waals surface area contributed by atoms with Gasteiger partial charge in [0.1, 0.15) is 0 Å². The molecule has 2 aliphatic carbocycles. The Kier molecular flexibility index (Phi) is 4.73. The monoisotopic (exact) mass is 291 g/mol. The summed E-state index contributed by atoms with van der Waals surface area (Å²) in [6, 6.07) is -0.114. The highest BCUT2D eigenvalue weighted by atomic mass is 19.4. The number of nitrogens with one attached hydrogen (secondary N) is 1. The van der Waals surface area contributed by atoms with E-state index in [1.54, 1.807) is 0 Å². The van der Waals surface area contributed by atoms with Crippen LogP contribution in [-0.4, -0.2) is 18.3 Å². The molecule has 4 heteroatoms. The van der Waals surface area contributed by atoms with Crippen LogP contribution in [0.25, 0.3) is 0 Å². The summed E-state index contributed by atoms with van der Waals surface area (Å²) < 4.78 is 39.4. The lowest BCUT2D eigenvalue weighted by atomic mass is 9.70. The number of rotatable bonds is 2. The van der Waals surface area contributed by atoms with Crippen LogP contribution >= 0.6 is 0 Å². The second kappa shape index (κ2) is 5.86. The normalized spacial score (nSPS) is 38.7. The molecule has 0 aromatic carbocycles. The van der Waals surface area contributed by atoms with Crippen molar-refractivity contribution < 1.29 is 13.2 Å². The molecule has 0 amide bonds. The molecule has 2 saturated carbocycles. The van der Waals surface area contributed by atoms with Gasteiger partial charge in [-0.15, -0.1) is 0 Å². The van der Waals surface area contributed by atoms with Crippen molar-refractivity contribution >= 4 is 0 Å². The summed E-state index contributed by atoms with van der Waals surface area (Å²) >= 11 is 0. The van der Waals surface area contributed by atoms with Gasteiger partial charge >= 0.3 is 6.18 Å². The first kappa shape index (κ1) is 16.1. The third kappa shape index (κ3) is 4.12. The van der Waals surface area contributed by atoms with Crippen LogP contribution < -0.4 is 5.32 Å². The van der Waals surface area contributed by atoms with Gasteiger partial charge in [-0.05, 0) is 43.4 Å². The average Bonchev–Trinajstić information content (AvgIpc) is 2.25. The molecule has 4 unspecified atom stereocenters. The molecule has 0 saturated heterocycles. The van der Waals surface area contributed by atoms with Gasteiger partial charge in [0.15, 0.2) is 0 Å². The third-order valence-electron chi connectivity index (χ3n) is 5.02. The van der Waals surface area contributed by atoms with Gasteiger partial charge in [0.2, 0.25) is 0 Å². The highest BCUT2D eigenvalue weighted by Crippen LogP contribution is 2.41. The van der Waals surface area contributed by atoms with Gasteiger partial charge in [-0.1, -0.05) is 33.6 Å². The Bertz CT molecular complexity index is 324. The van der Waals surface area contributed by atoms with Gasteiger partial charge < -0.3 is 5.32 Å². The molecular weight excluding hydrogens is 263 g/mol. The van der Waals surface area contributed by atoms with Crippen LogP contribution in [0.2, 0.25) is 0 Å². The highest BCUT2D eigenvalue weighted by molar-refractivity contribution is 4.92. The Morgan fingerprint density at radius 3 is 2.30 bits per heavy atom. The van der Waals surface area contributed by atoms with Crippen molar-refractivity contribution in [3.8, 4) is 0 Å². The predicted molar refractivity (Wildman–Crippen MR) is 75.5 cm³/mol. The molecular formula is C16H28F3N. The van der Waals surface area contributed by atoms with Crippen molar-refractivity contribution in [2.45, 2.75) is 84.0 Å². The highest BCUT2D eigenvalue weighted by Gasteiger charge is 2.46. The third-order valence-corrected chi connectivity index (χ3v) is 5.02. The van der Waals surface area contributed by atoms with E-state index in [0.717, 1.165) is 25.7 Å². The van der Waals surface area contributed by atoms with E-state index >= 15 is 0 Å². The maximum absolute atomic E-state index is 13.1. The maximum Gasteiger partial charge on any atom is 0.393 e. The fourth-order valence-corrected chi connectivity index (χ4v) is 4.50. The van der Waals surface area contributed by atoms with Gasteiger partial charge in [0.25, 0.3) is 0 Å². The molecule has 1 N–H and O–H groups in total. The van der Waals surface area contributed by atoms with Crippen molar-refractivity contribution in [1.29, 1.82) is 0 Å². The van der Waals surface area contributed by atoms with Gasteiger partial charge in [0, 0.05) is 12.1 Å². The van der Waals surface area contributed by atoms with E-state index < -0.39 is 12.1 Å². The van der Waals surface area contributed by atoms with Crippen LogP contribution in [-0.2, 0) is 0 Å². The predicted octanol–water partition coefficient (Wildman–Crippen LogP) is 4.91. The van der Waals surface area contributed by atoms with Crippen molar-refractivity contribution in [2.24, 2.45) is 17.3 Å². The zero-order chi connectivity index (χ0) is 15.0. The molecule has 0 aliphatic heterocycles. The molecule has 2 fully saturated rings. The molecule has 0 radical (unpaired) electrons. The Morgan fingerprint density at radius 1 is 1.05 bits per heavy atom. The zero-order valence-electron chi connectivity index (χ0n) is 12.9. The summed E-state index contributed by atoms with van der Waals surface area (Å²) in [7, 11) is 0. The van der Waals surface area contributed by atoms with E-state index in [-0.39, 0.29) is 17.5 Å². The molecule has 1 nitrogen and oxygen atoms in total. The smallest absolute Gasteiger partial charge is 0.311 e. The first-order chi connectivity index (χ1) is 9.17. The van der Waals surface area contributed by atoms with Crippen molar-refractivity contribution in [2.75, 3.05) is 0 Å². The summed E-state index contributed by atoms with van der Waals surface area (Å²) in [5, 5.41) is 3.38. The maximum atomic E-state index is 13.1. The standard InChI is InChI=1S/C16H28F3N/c1-11-8-12(10-15(2,3)9-11)20-14-7-5-4-6-13(14)16(17,18)19/h11-14,20H,4-10H2,1-3H3. The molecule has 2 aliphatic rings. The summed E-state index contributed by atoms with van der Waals surface area (Å²) in [5.74, 6) is -0.541. The molecule has 0 aromatic rings. The Balaban J connectivity index is 2.00. The molecule has 0 bridgehead atoms. The second-order valence-electron chi connectivity index (χ2n) is 7.82. The van der Waals surface area contributed by atoms with Crippen LogP contribution in [0.4, 0.5) is 13.2 Å². The number of hydrogen-bond donors (Lipinski definition) is 1.